The van der Waals surface area contributed by atoms with Crippen molar-refractivity contribution in [1.29, 1.82) is 0 Å². The highest BCUT2D eigenvalue weighted by Crippen LogP contribution is 2.16. The van der Waals surface area contributed by atoms with E-state index in [1.54, 1.807) is 12.3 Å². The van der Waals surface area contributed by atoms with E-state index < -0.39 is 0 Å². The van der Waals surface area contributed by atoms with Gasteiger partial charge < -0.3 is 23.6 Å². The van der Waals surface area contributed by atoms with Gasteiger partial charge in [0.25, 0.3) is 5.91 Å². The lowest BCUT2D eigenvalue weighted by atomic mass is 10.1. The first-order chi connectivity index (χ1) is 15.3. The zero-order valence-corrected chi connectivity index (χ0v) is 17.0. The molecular formula is C25H23NO5. The molecule has 0 aliphatic rings. The van der Waals surface area contributed by atoms with E-state index in [1.165, 1.54) is 6.26 Å². The van der Waals surface area contributed by atoms with Gasteiger partial charge in [-0.1, -0.05) is 42.5 Å². The Morgan fingerprint density at radius 2 is 1.68 bits per heavy atom. The van der Waals surface area contributed by atoms with Gasteiger partial charge in [0.2, 0.25) is 0 Å². The summed E-state index contributed by atoms with van der Waals surface area (Å²) >= 11 is 0. The SMILES string of the molecule is O=C(NCc1cccc(COCc2ccco2)c1)c1occc1COc1ccccc1. The minimum atomic E-state index is -0.281. The number of amides is 1. The quantitative estimate of drug-likeness (QED) is 0.389. The summed E-state index contributed by atoms with van der Waals surface area (Å²) in [5, 5.41) is 2.90. The molecule has 0 fully saturated rings. The van der Waals surface area contributed by atoms with Gasteiger partial charge in [-0.2, -0.15) is 0 Å². The standard InChI is InChI=1S/C25H23NO5/c27-25(24-21(11-13-30-24)17-31-22-8-2-1-3-9-22)26-15-19-6-4-7-20(14-19)16-28-18-23-10-5-12-29-23/h1-14H,15-18H2,(H,26,27). The predicted octanol–water partition coefficient (Wildman–Crippen LogP) is 5.10. The molecule has 0 aliphatic heterocycles. The van der Waals surface area contributed by atoms with Crippen molar-refractivity contribution in [2.24, 2.45) is 0 Å². The van der Waals surface area contributed by atoms with Gasteiger partial charge in [0.1, 0.15) is 24.7 Å². The second-order valence-corrected chi connectivity index (χ2v) is 6.95. The highest BCUT2D eigenvalue weighted by molar-refractivity contribution is 5.92. The number of ether oxygens (including phenoxy) is 2. The topological polar surface area (TPSA) is 73.8 Å². The van der Waals surface area contributed by atoms with Crippen LogP contribution in [0.25, 0.3) is 0 Å². The third-order valence-electron chi connectivity index (χ3n) is 4.63. The van der Waals surface area contributed by atoms with Crippen molar-refractivity contribution in [2.75, 3.05) is 0 Å². The third kappa shape index (κ3) is 5.87. The normalized spacial score (nSPS) is 10.7. The lowest BCUT2D eigenvalue weighted by molar-refractivity contribution is 0.0918. The summed E-state index contributed by atoms with van der Waals surface area (Å²) in [5.41, 5.74) is 2.69. The number of nitrogens with one attached hydrogen (secondary N) is 1. The second-order valence-electron chi connectivity index (χ2n) is 6.95. The van der Waals surface area contributed by atoms with Gasteiger partial charge in [0.15, 0.2) is 5.76 Å². The van der Waals surface area contributed by atoms with Gasteiger partial charge in [-0.3, -0.25) is 4.79 Å². The molecule has 0 atom stereocenters. The Morgan fingerprint density at radius 3 is 2.52 bits per heavy atom. The molecule has 0 radical (unpaired) electrons. The first-order valence-corrected chi connectivity index (χ1v) is 9.98. The molecule has 2 heterocycles. The summed E-state index contributed by atoms with van der Waals surface area (Å²) in [6.07, 6.45) is 3.12. The molecule has 1 amide bonds. The molecular weight excluding hydrogens is 394 g/mol. The van der Waals surface area contributed by atoms with Crippen molar-refractivity contribution in [1.82, 2.24) is 5.32 Å². The zero-order chi connectivity index (χ0) is 21.3. The molecule has 0 spiro atoms. The molecule has 31 heavy (non-hydrogen) atoms. The van der Waals surface area contributed by atoms with Crippen LogP contribution in [0.3, 0.4) is 0 Å². The Hall–Kier alpha value is -3.77. The van der Waals surface area contributed by atoms with E-state index in [0.717, 1.165) is 22.6 Å². The maximum absolute atomic E-state index is 12.6. The summed E-state index contributed by atoms with van der Waals surface area (Å²) in [4.78, 5) is 12.6. The van der Waals surface area contributed by atoms with Crippen molar-refractivity contribution in [3.05, 3.63) is 114 Å². The first kappa shape index (κ1) is 20.5. The third-order valence-corrected chi connectivity index (χ3v) is 4.63. The summed E-state index contributed by atoms with van der Waals surface area (Å²) in [6.45, 7) is 1.51. The fraction of sp³-hybridized carbons (Fsp3) is 0.160. The van der Waals surface area contributed by atoms with Gasteiger partial charge in [0, 0.05) is 12.1 Å². The Balaban J connectivity index is 1.28. The molecule has 0 aliphatic carbocycles. The van der Waals surface area contributed by atoms with E-state index in [2.05, 4.69) is 5.32 Å². The molecule has 1 N–H and O–H groups in total. The number of carbonyl (C=O) groups is 1. The molecule has 6 heteroatoms. The molecule has 158 valence electrons. The Bertz CT molecular complexity index is 1090. The molecule has 2 aromatic carbocycles. The molecule has 0 bridgehead atoms. The molecule has 4 aromatic rings. The average Bonchev–Trinajstić information content (AvgIpc) is 3.49. The molecule has 2 aromatic heterocycles. The number of para-hydroxylation sites is 1. The fourth-order valence-corrected chi connectivity index (χ4v) is 3.08. The van der Waals surface area contributed by atoms with Crippen molar-refractivity contribution in [2.45, 2.75) is 26.4 Å². The second kappa shape index (κ2) is 10.3. The van der Waals surface area contributed by atoms with Crippen LogP contribution in [0.4, 0.5) is 0 Å². The van der Waals surface area contributed by atoms with Crippen LogP contribution in [0.2, 0.25) is 0 Å². The van der Waals surface area contributed by atoms with Crippen molar-refractivity contribution >= 4 is 5.91 Å². The highest BCUT2D eigenvalue weighted by Gasteiger charge is 2.15. The molecule has 0 unspecified atom stereocenters. The summed E-state index contributed by atoms with van der Waals surface area (Å²) in [6, 6.07) is 22.8. The largest absolute Gasteiger partial charge is 0.489 e. The summed E-state index contributed by atoms with van der Waals surface area (Å²) < 4.78 is 22.0. The van der Waals surface area contributed by atoms with E-state index in [1.807, 2.05) is 66.7 Å². The van der Waals surface area contributed by atoms with E-state index in [9.17, 15) is 4.79 Å². The van der Waals surface area contributed by atoms with Crippen LogP contribution in [0.15, 0.2) is 94.2 Å². The number of benzene rings is 2. The molecule has 0 saturated heterocycles. The van der Waals surface area contributed by atoms with Crippen LogP contribution in [-0.4, -0.2) is 5.91 Å². The van der Waals surface area contributed by atoms with Crippen LogP contribution in [0, 0.1) is 0 Å². The Kier molecular flexibility index (Phi) is 6.82. The van der Waals surface area contributed by atoms with Gasteiger partial charge >= 0.3 is 0 Å². The van der Waals surface area contributed by atoms with Crippen LogP contribution < -0.4 is 10.1 Å². The maximum atomic E-state index is 12.6. The van der Waals surface area contributed by atoms with Crippen LogP contribution in [0.1, 0.15) is 33.0 Å². The smallest absolute Gasteiger partial charge is 0.287 e. The minimum Gasteiger partial charge on any atom is -0.489 e. The minimum absolute atomic E-state index is 0.256. The number of hydrogen-bond acceptors (Lipinski definition) is 5. The average molecular weight is 417 g/mol. The van der Waals surface area contributed by atoms with Gasteiger partial charge in [-0.05, 0) is 41.5 Å². The lowest BCUT2D eigenvalue weighted by Gasteiger charge is -2.09. The summed E-state index contributed by atoms with van der Waals surface area (Å²) in [7, 11) is 0. The first-order valence-electron chi connectivity index (χ1n) is 9.98. The van der Waals surface area contributed by atoms with Crippen LogP contribution in [0.5, 0.6) is 5.75 Å². The van der Waals surface area contributed by atoms with Crippen molar-refractivity contribution in [3.8, 4) is 5.75 Å². The lowest BCUT2D eigenvalue weighted by Crippen LogP contribution is -2.23. The number of carbonyl (C=O) groups excluding carboxylic acids is 1. The van der Waals surface area contributed by atoms with Crippen molar-refractivity contribution < 1.29 is 23.1 Å². The highest BCUT2D eigenvalue weighted by atomic mass is 16.5. The fourth-order valence-electron chi connectivity index (χ4n) is 3.08. The number of furan rings is 2. The van der Waals surface area contributed by atoms with Crippen LogP contribution in [-0.2, 0) is 31.1 Å². The summed E-state index contributed by atoms with van der Waals surface area (Å²) in [5.74, 6) is 1.50. The zero-order valence-electron chi connectivity index (χ0n) is 17.0. The molecule has 6 nitrogen and oxygen atoms in total. The van der Waals surface area contributed by atoms with E-state index in [0.29, 0.717) is 25.3 Å². The van der Waals surface area contributed by atoms with Gasteiger partial charge in [-0.25, -0.2) is 0 Å². The van der Waals surface area contributed by atoms with Gasteiger partial charge in [0.05, 0.1) is 19.1 Å². The van der Waals surface area contributed by atoms with E-state index in [-0.39, 0.29) is 18.3 Å². The molecule has 4 rings (SSSR count). The Morgan fingerprint density at radius 1 is 0.806 bits per heavy atom. The monoisotopic (exact) mass is 417 g/mol. The van der Waals surface area contributed by atoms with Gasteiger partial charge in [-0.15, -0.1) is 0 Å². The number of hydrogen-bond donors (Lipinski definition) is 1. The molecule has 0 saturated carbocycles. The van der Waals surface area contributed by atoms with E-state index in [4.69, 9.17) is 18.3 Å². The van der Waals surface area contributed by atoms with E-state index >= 15 is 0 Å². The predicted molar refractivity (Wildman–Crippen MR) is 114 cm³/mol. The maximum Gasteiger partial charge on any atom is 0.287 e. The Labute approximate surface area is 180 Å². The van der Waals surface area contributed by atoms with Crippen molar-refractivity contribution in [3.63, 3.8) is 0 Å². The van der Waals surface area contributed by atoms with Crippen LogP contribution >= 0.6 is 0 Å². The number of rotatable bonds is 10.